The second-order valence-electron chi connectivity index (χ2n) is 6.00. The molecule has 0 spiro atoms. The summed E-state index contributed by atoms with van der Waals surface area (Å²) in [5.41, 5.74) is 3.91. The molecule has 25 heavy (non-hydrogen) atoms. The number of hydrogen-bond acceptors (Lipinski definition) is 6. The molecule has 0 bridgehead atoms. The Hall–Kier alpha value is -3.46. The molecule has 1 aliphatic rings. The van der Waals surface area contributed by atoms with Crippen LogP contribution in [0.1, 0.15) is 18.1 Å². The van der Waals surface area contributed by atoms with Crippen molar-refractivity contribution in [1.82, 2.24) is 15.2 Å². The summed E-state index contributed by atoms with van der Waals surface area (Å²) in [6.07, 6.45) is 2.67. The fourth-order valence-corrected chi connectivity index (χ4v) is 3.14. The van der Waals surface area contributed by atoms with E-state index in [1.54, 1.807) is 18.3 Å². The summed E-state index contributed by atoms with van der Waals surface area (Å²) in [6, 6.07) is 17.9. The quantitative estimate of drug-likeness (QED) is 0.792. The molecule has 1 N–H and O–H groups in total. The number of nitrogens with one attached hydrogen (secondary N) is 1. The molecule has 6 nitrogen and oxygen atoms in total. The van der Waals surface area contributed by atoms with E-state index in [9.17, 15) is 0 Å². The van der Waals surface area contributed by atoms with Gasteiger partial charge in [-0.15, -0.1) is 5.10 Å². The highest BCUT2D eigenvalue weighted by Gasteiger charge is 2.28. The molecule has 2 heterocycles. The molecule has 0 amide bonds. The van der Waals surface area contributed by atoms with Gasteiger partial charge in [0, 0.05) is 17.4 Å². The number of aromatic nitrogens is 3. The molecule has 0 saturated heterocycles. The normalized spacial score (nSPS) is 15.5. The molecule has 4 rings (SSSR count). The first-order valence-corrected chi connectivity index (χ1v) is 8.08. The van der Waals surface area contributed by atoms with Gasteiger partial charge in [0.2, 0.25) is 5.95 Å². The summed E-state index contributed by atoms with van der Waals surface area (Å²) >= 11 is 0. The second-order valence-corrected chi connectivity index (χ2v) is 6.00. The van der Waals surface area contributed by atoms with E-state index in [2.05, 4.69) is 56.6 Å². The van der Waals surface area contributed by atoms with Crippen LogP contribution in [0.25, 0.3) is 0 Å². The molecule has 1 unspecified atom stereocenters. The average molecular weight is 328 g/mol. The molecule has 0 radical (unpaired) electrons. The first-order valence-electron chi connectivity index (χ1n) is 8.08. The zero-order valence-electron chi connectivity index (χ0n) is 13.7. The van der Waals surface area contributed by atoms with Crippen molar-refractivity contribution in [2.75, 3.05) is 10.2 Å². The van der Waals surface area contributed by atoms with E-state index in [1.807, 2.05) is 18.2 Å². The number of rotatable bonds is 3. The zero-order chi connectivity index (χ0) is 17.2. The Balaban J connectivity index is 1.62. The Morgan fingerprint density at radius 2 is 1.96 bits per heavy atom. The minimum atomic E-state index is 0.317. The first kappa shape index (κ1) is 15.1. The third-order valence-corrected chi connectivity index (χ3v) is 4.27. The summed E-state index contributed by atoms with van der Waals surface area (Å²) < 4.78 is 0. The minimum absolute atomic E-state index is 0.317. The Labute approximate surface area is 145 Å². The lowest BCUT2D eigenvalue weighted by Gasteiger charge is -2.23. The van der Waals surface area contributed by atoms with Gasteiger partial charge in [0.05, 0.1) is 17.8 Å². The van der Waals surface area contributed by atoms with E-state index in [0.29, 0.717) is 17.6 Å². The Bertz CT molecular complexity index is 945. The van der Waals surface area contributed by atoms with Crippen LogP contribution in [0.4, 0.5) is 23.1 Å². The number of nitriles is 1. The standard InChI is InChI=1S/C19H16N6/c1-13-10-15-4-2-3-5-17(15)25(13)18-12-21-24-19(23-18)22-16-8-6-14(11-20)7-9-16/h2-9,12-13H,10H2,1H3,(H,22,23,24). The highest BCUT2D eigenvalue weighted by Crippen LogP contribution is 2.37. The lowest BCUT2D eigenvalue weighted by molar-refractivity contribution is 0.745. The van der Waals surface area contributed by atoms with Crippen molar-refractivity contribution in [3.8, 4) is 6.07 Å². The van der Waals surface area contributed by atoms with Crippen LogP contribution in [0.2, 0.25) is 0 Å². The number of benzene rings is 2. The molecule has 1 atom stereocenters. The molecule has 1 aliphatic heterocycles. The lowest BCUT2D eigenvalue weighted by Crippen LogP contribution is -2.25. The average Bonchev–Trinajstić information content (AvgIpc) is 2.98. The molecular weight excluding hydrogens is 312 g/mol. The van der Waals surface area contributed by atoms with Gasteiger partial charge in [-0.3, -0.25) is 0 Å². The van der Waals surface area contributed by atoms with Gasteiger partial charge in [-0.1, -0.05) is 18.2 Å². The molecule has 0 fully saturated rings. The summed E-state index contributed by atoms with van der Waals surface area (Å²) in [6.45, 7) is 2.18. The predicted molar refractivity (Wildman–Crippen MR) is 96.0 cm³/mol. The van der Waals surface area contributed by atoms with Gasteiger partial charge in [0.15, 0.2) is 5.82 Å². The molecular formula is C19H16N6. The number of para-hydroxylation sites is 1. The summed E-state index contributed by atoms with van der Waals surface area (Å²) in [5, 5.41) is 20.2. The zero-order valence-corrected chi connectivity index (χ0v) is 13.7. The largest absolute Gasteiger partial charge is 0.323 e. The third kappa shape index (κ3) is 2.88. The third-order valence-electron chi connectivity index (χ3n) is 4.27. The maximum Gasteiger partial charge on any atom is 0.249 e. The summed E-state index contributed by atoms with van der Waals surface area (Å²) in [5.74, 6) is 1.20. The molecule has 1 aromatic heterocycles. The van der Waals surface area contributed by atoms with Gasteiger partial charge >= 0.3 is 0 Å². The number of anilines is 4. The van der Waals surface area contributed by atoms with E-state index in [1.165, 1.54) is 11.3 Å². The molecule has 2 aromatic carbocycles. The van der Waals surface area contributed by atoms with Crippen molar-refractivity contribution < 1.29 is 0 Å². The van der Waals surface area contributed by atoms with Crippen molar-refractivity contribution in [2.24, 2.45) is 0 Å². The van der Waals surface area contributed by atoms with Crippen LogP contribution >= 0.6 is 0 Å². The number of nitrogens with zero attached hydrogens (tertiary/aromatic N) is 5. The van der Waals surface area contributed by atoms with Crippen LogP contribution in [0.3, 0.4) is 0 Å². The van der Waals surface area contributed by atoms with E-state index in [4.69, 9.17) is 5.26 Å². The van der Waals surface area contributed by atoms with Gasteiger partial charge in [-0.05, 0) is 49.2 Å². The van der Waals surface area contributed by atoms with Crippen LogP contribution in [0.5, 0.6) is 0 Å². The van der Waals surface area contributed by atoms with Crippen molar-refractivity contribution in [1.29, 1.82) is 5.26 Å². The van der Waals surface area contributed by atoms with Crippen LogP contribution in [0.15, 0.2) is 54.7 Å². The van der Waals surface area contributed by atoms with E-state index in [-0.39, 0.29) is 0 Å². The molecule has 0 aliphatic carbocycles. The first-order chi connectivity index (χ1) is 12.2. The van der Waals surface area contributed by atoms with Crippen LogP contribution in [0, 0.1) is 11.3 Å². The Morgan fingerprint density at radius 1 is 1.16 bits per heavy atom. The Kier molecular flexibility index (Phi) is 3.75. The molecule has 6 heteroatoms. The fraction of sp³-hybridized carbons (Fsp3) is 0.158. The van der Waals surface area contributed by atoms with E-state index < -0.39 is 0 Å². The van der Waals surface area contributed by atoms with Gasteiger partial charge < -0.3 is 10.2 Å². The molecule has 3 aromatic rings. The Morgan fingerprint density at radius 3 is 2.76 bits per heavy atom. The highest BCUT2D eigenvalue weighted by atomic mass is 15.3. The minimum Gasteiger partial charge on any atom is -0.323 e. The monoisotopic (exact) mass is 328 g/mol. The SMILES string of the molecule is CC1Cc2ccccc2N1c1cnnc(Nc2ccc(C#N)cc2)n1. The van der Waals surface area contributed by atoms with E-state index in [0.717, 1.165) is 17.9 Å². The van der Waals surface area contributed by atoms with Crippen LogP contribution in [-0.2, 0) is 6.42 Å². The maximum atomic E-state index is 8.87. The number of hydrogen-bond donors (Lipinski definition) is 1. The van der Waals surface area contributed by atoms with Crippen LogP contribution < -0.4 is 10.2 Å². The second kappa shape index (κ2) is 6.21. The predicted octanol–water partition coefficient (Wildman–Crippen LogP) is 3.57. The number of fused-ring (bicyclic) bond motifs is 1. The van der Waals surface area contributed by atoms with Gasteiger partial charge in [0.25, 0.3) is 0 Å². The lowest BCUT2D eigenvalue weighted by atomic mass is 10.1. The maximum absolute atomic E-state index is 8.87. The van der Waals surface area contributed by atoms with Crippen molar-refractivity contribution in [3.05, 3.63) is 65.9 Å². The van der Waals surface area contributed by atoms with E-state index >= 15 is 0 Å². The summed E-state index contributed by atoms with van der Waals surface area (Å²) in [7, 11) is 0. The van der Waals surface area contributed by atoms with Gasteiger partial charge in [-0.2, -0.15) is 15.3 Å². The van der Waals surface area contributed by atoms with Crippen molar-refractivity contribution in [2.45, 2.75) is 19.4 Å². The topological polar surface area (TPSA) is 77.7 Å². The van der Waals surface area contributed by atoms with Crippen molar-refractivity contribution >= 4 is 23.1 Å². The molecule has 0 saturated carbocycles. The van der Waals surface area contributed by atoms with Crippen molar-refractivity contribution in [3.63, 3.8) is 0 Å². The van der Waals surface area contributed by atoms with Gasteiger partial charge in [0.1, 0.15) is 0 Å². The fourth-order valence-electron chi connectivity index (χ4n) is 3.14. The summed E-state index contributed by atoms with van der Waals surface area (Å²) in [4.78, 5) is 6.81. The van der Waals surface area contributed by atoms with Crippen LogP contribution in [-0.4, -0.2) is 21.2 Å². The smallest absolute Gasteiger partial charge is 0.249 e. The highest BCUT2D eigenvalue weighted by molar-refractivity contribution is 5.69. The molecule has 122 valence electrons. The van der Waals surface area contributed by atoms with Gasteiger partial charge in [-0.25, -0.2) is 0 Å².